The van der Waals surface area contributed by atoms with Gasteiger partial charge >= 0.3 is 6.09 Å². The molecule has 3 aliphatic heterocycles. The van der Waals surface area contributed by atoms with Crippen molar-refractivity contribution in [2.75, 3.05) is 54.2 Å². The fraction of sp³-hybridized carbons (Fsp3) is 0.655. The molecule has 2 unspecified atom stereocenters. The normalized spacial score (nSPS) is 19.7. The number of thioether (sulfide) groups is 1. The maximum atomic E-state index is 13.1. The third kappa shape index (κ3) is 11.4. The largest absolute Gasteiger partial charge is 0.441 e. The van der Waals surface area contributed by atoms with E-state index in [9.17, 15) is 22.8 Å². The molecule has 1 aromatic rings. The topological polar surface area (TPSA) is 83.1 Å². The van der Waals surface area contributed by atoms with E-state index in [0.29, 0.717) is 34.0 Å². The lowest BCUT2D eigenvalue weighted by Crippen LogP contribution is -2.46. The van der Waals surface area contributed by atoms with Crippen LogP contribution in [0.15, 0.2) is 35.4 Å². The van der Waals surface area contributed by atoms with E-state index in [1.165, 1.54) is 23.9 Å². The molecule has 2 fully saturated rings. The summed E-state index contributed by atoms with van der Waals surface area (Å²) in [6, 6.07) is 6.59. The number of methoxy groups -OCH3 is 1. The number of hydrogen-bond acceptors (Lipinski definition) is 7. The average molecular weight is 605 g/mol. The van der Waals surface area contributed by atoms with Crippen molar-refractivity contribution in [1.29, 1.82) is 0 Å². The lowest BCUT2D eigenvalue weighted by atomic mass is 9.91. The van der Waals surface area contributed by atoms with E-state index in [4.69, 9.17) is 9.47 Å². The van der Waals surface area contributed by atoms with Crippen LogP contribution in [0.1, 0.15) is 52.0 Å². The van der Waals surface area contributed by atoms with Crippen LogP contribution in [0, 0.1) is 5.82 Å². The van der Waals surface area contributed by atoms with Crippen LogP contribution >= 0.6 is 11.8 Å². The monoisotopic (exact) mass is 604 g/mol. The molecule has 3 aliphatic rings. The number of nitrogens with one attached hydrogen (secondary N) is 2. The summed E-state index contributed by atoms with van der Waals surface area (Å²) in [4.78, 5) is 30.1. The van der Waals surface area contributed by atoms with Gasteiger partial charge in [-0.3, -0.25) is 23.4 Å². The maximum absolute atomic E-state index is 13.1. The van der Waals surface area contributed by atoms with E-state index in [2.05, 4.69) is 22.5 Å². The van der Waals surface area contributed by atoms with Crippen molar-refractivity contribution in [2.24, 2.45) is 0 Å². The zero-order valence-electron chi connectivity index (χ0n) is 25.2. The van der Waals surface area contributed by atoms with Crippen LogP contribution in [0.3, 0.4) is 0 Å². The summed E-state index contributed by atoms with van der Waals surface area (Å²) in [6.45, 7) is 9.95. The average Bonchev–Trinajstić information content (AvgIpc) is 3.60. The van der Waals surface area contributed by atoms with Crippen molar-refractivity contribution < 1.29 is 32.2 Å². The van der Waals surface area contributed by atoms with Gasteiger partial charge in [-0.15, -0.1) is 0 Å². The Bertz CT molecular complexity index is 931. The van der Waals surface area contributed by atoms with E-state index < -0.39 is 11.0 Å². The van der Waals surface area contributed by atoms with Crippen LogP contribution in [-0.2, 0) is 20.8 Å². The standard InChI is InChI=1S/C25H35FN4O4S.C2H6.2CH3F/c1-3-4-20(33-2)13-27-22(31)23-28-14-21(35-23)16-30-17-25(34-24(30)32)9-11-29(12-10-25)15-18-5-7-19(26)8-6-18;3*1-2/h5-8,14,20,23,28H,3-4,9-13,15-17H2,1-2H3,(H,27,31);1-2H3;2*1H3. The van der Waals surface area contributed by atoms with Crippen molar-refractivity contribution >= 4 is 23.8 Å². The van der Waals surface area contributed by atoms with Crippen LogP contribution in [-0.4, -0.2) is 93.1 Å². The number of likely N-dealkylation sites (tertiary alicyclic amines) is 1. The summed E-state index contributed by atoms with van der Waals surface area (Å²) in [6.07, 6.45) is 4.96. The first kappa shape index (κ1) is 36.6. The van der Waals surface area contributed by atoms with Gasteiger partial charge in [-0.2, -0.15) is 0 Å². The summed E-state index contributed by atoms with van der Waals surface area (Å²) in [5.74, 6) is -0.317. The van der Waals surface area contributed by atoms with Gasteiger partial charge in [-0.1, -0.05) is 51.1 Å². The van der Waals surface area contributed by atoms with E-state index in [0.717, 1.165) is 55.8 Å². The maximum Gasteiger partial charge on any atom is 0.410 e. The highest BCUT2D eigenvalue weighted by molar-refractivity contribution is 8.04. The quantitative estimate of drug-likeness (QED) is 0.378. The summed E-state index contributed by atoms with van der Waals surface area (Å²) >= 11 is 1.43. The predicted molar refractivity (Wildman–Crippen MR) is 158 cm³/mol. The number of benzene rings is 1. The van der Waals surface area contributed by atoms with E-state index in [1.807, 2.05) is 32.2 Å². The first-order valence-corrected chi connectivity index (χ1v) is 14.9. The molecule has 0 aromatic heterocycles. The molecule has 2 amide bonds. The van der Waals surface area contributed by atoms with Crippen molar-refractivity contribution in [2.45, 2.75) is 70.1 Å². The van der Waals surface area contributed by atoms with Gasteiger partial charge < -0.3 is 20.1 Å². The van der Waals surface area contributed by atoms with Crippen molar-refractivity contribution in [3.63, 3.8) is 0 Å². The Morgan fingerprint density at radius 3 is 2.39 bits per heavy atom. The zero-order valence-corrected chi connectivity index (χ0v) is 26.0. The second kappa shape index (κ2) is 19.6. The summed E-state index contributed by atoms with van der Waals surface area (Å²) in [7, 11) is 2.66. The fourth-order valence-corrected chi connectivity index (χ4v) is 5.76. The molecule has 0 bridgehead atoms. The molecular formula is C29H47F3N4O4S. The Morgan fingerprint density at radius 2 is 1.80 bits per heavy atom. The number of alkyl halides is 2. The molecule has 8 nitrogen and oxygen atoms in total. The summed E-state index contributed by atoms with van der Waals surface area (Å²) in [5.41, 5.74) is 0.616. The second-order valence-corrected chi connectivity index (χ2v) is 10.7. The van der Waals surface area contributed by atoms with Gasteiger partial charge in [0.1, 0.15) is 11.4 Å². The van der Waals surface area contributed by atoms with Crippen LogP contribution in [0.2, 0.25) is 0 Å². The lowest BCUT2D eigenvalue weighted by Gasteiger charge is -2.37. The Morgan fingerprint density at radius 1 is 1.17 bits per heavy atom. The van der Waals surface area contributed by atoms with Gasteiger partial charge in [0.15, 0.2) is 5.37 Å². The van der Waals surface area contributed by atoms with Gasteiger partial charge in [0, 0.05) is 57.2 Å². The SMILES string of the molecule is CC.CCCC(CNC(=O)C1NC=C(CN2CC3(CCN(Cc4ccc(F)cc4)CC3)OC2=O)S1)OC.CF.CF. The highest BCUT2D eigenvalue weighted by Crippen LogP contribution is 2.36. The molecule has 3 heterocycles. The Balaban J connectivity index is 0.00000131. The third-order valence-corrected chi connectivity index (χ3v) is 7.96. The first-order chi connectivity index (χ1) is 19.9. The summed E-state index contributed by atoms with van der Waals surface area (Å²) < 4.78 is 43.4. The fourth-order valence-electron chi connectivity index (χ4n) is 4.76. The van der Waals surface area contributed by atoms with E-state index in [1.54, 1.807) is 12.0 Å². The number of carbonyl (C=O) groups is 2. The van der Waals surface area contributed by atoms with Crippen LogP contribution in [0.25, 0.3) is 0 Å². The second-order valence-electron chi connectivity index (χ2n) is 9.48. The number of nitrogens with zero attached hydrogens (tertiary/aromatic N) is 2. The van der Waals surface area contributed by atoms with Gasteiger partial charge in [0.25, 0.3) is 5.91 Å². The Hall–Kier alpha value is -2.44. The third-order valence-electron chi connectivity index (χ3n) is 6.83. The van der Waals surface area contributed by atoms with E-state index >= 15 is 0 Å². The van der Waals surface area contributed by atoms with E-state index in [-0.39, 0.29) is 23.9 Å². The first-order valence-electron chi connectivity index (χ1n) is 14.0. The lowest BCUT2D eigenvalue weighted by molar-refractivity contribution is -0.121. The van der Waals surface area contributed by atoms with Gasteiger partial charge in [0.2, 0.25) is 0 Å². The molecule has 4 rings (SSSR count). The number of rotatable bonds is 10. The Kier molecular flexibility index (Phi) is 17.5. The van der Waals surface area contributed by atoms with Crippen LogP contribution < -0.4 is 10.6 Å². The highest BCUT2D eigenvalue weighted by Gasteiger charge is 2.47. The van der Waals surface area contributed by atoms with Gasteiger partial charge in [0.05, 0.1) is 33.5 Å². The molecule has 41 heavy (non-hydrogen) atoms. The molecule has 1 spiro atoms. The van der Waals surface area contributed by atoms with Crippen molar-refractivity contribution in [3.8, 4) is 0 Å². The minimum absolute atomic E-state index is 0.0143. The van der Waals surface area contributed by atoms with Gasteiger partial charge in [-0.05, 0) is 24.1 Å². The molecule has 0 radical (unpaired) electrons. The highest BCUT2D eigenvalue weighted by atomic mass is 32.2. The number of carbonyl (C=O) groups excluding carboxylic acids is 2. The minimum Gasteiger partial charge on any atom is -0.441 e. The number of hydrogen-bond donors (Lipinski definition) is 2. The molecule has 0 saturated carbocycles. The molecule has 0 aliphatic carbocycles. The number of ether oxygens (including phenoxy) is 2. The minimum atomic E-state index is -0.459. The molecule has 12 heteroatoms. The number of piperidine rings is 1. The van der Waals surface area contributed by atoms with Crippen molar-refractivity contribution in [3.05, 3.63) is 46.8 Å². The zero-order chi connectivity index (χ0) is 30.8. The molecule has 1 aromatic carbocycles. The Labute approximate surface area is 247 Å². The predicted octanol–water partition coefficient (Wildman–Crippen LogP) is 5.25. The smallest absolute Gasteiger partial charge is 0.410 e. The summed E-state index contributed by atoms with van der Waals surface area (Å²) in [5, 5.41) is 5.65. The molecule has 234 valence electrons. The van der Waals surface area contributed by atoms with Crippen molar-refractivity contribution in [1.82, 2.24) is 20.4 Å². The molecule has 2 saturated heterocycles. The molecule has 2 N–H and O–H groups in total. The van der Waals surface area contributed by atoms with Crippen LogP contribution in [0.5, 0.6) is 0 Å². The number of halogens is 3. The molecule has 2 atom stereocenters. The number of amides is 2. The molecular weight excluding hydrogens is 557 g/mol. The van der Waals surface area contributed by atoms with Gasteiger partial charge in [-0.25, -0.2) is 9.18 Å². The van der Waals surface area contributed by atoms with Crippen LogP contribution in [0.4, 0.5) is 18.0 Å².